The molecule has 6 heteroatoms. The molecule has 156 valence electrons. The molecule has 0 aliphatic heterocycles. The first-order valence-corrected chi connectivity index (χ1v) is 15.0. The molecule has 1 unspecified atom stereocenters. The van der Waals surface area contributed by atoms with Gasteiger partial charge in [-0.05, 0) is 42.8 Å². The standard InChI is InChI=1S/C25H22NOP.2ClH.Ti/c1-19-11-10-18-24(25(19)27)28-23-17-9-8-16-22(23)26(20-12-4-2-5-13-20)21-14-6-3-7-15-21;;;/h2-18,27-28H,1H3;2*1H;/q;;;+2/p-2. The summed E-state index contributed by atoms with van der Waals surface area (Å²) >= 11 is -0.556. The van der Waals surface area contributed by atoms with E-state index in [1.165, 1.54) is 5.30 Å². The molecule has 0 aliphatic rings. The fourth-order valence-corrected chi connectivity index (χ4v) is 4.55. The van der Waals surface area contributed by atoms with E-state index in [1.54, 1.807) is 0 Å². The van der Waals surface area contributed by atoms with E-state index in [4.69, 9.17) is 18.6 Å². The molecule has 1 N–H and O–H groups in total. The van der Waals surface area contributed by atoms with E-state index in [0.717, 1.165) is 27.9 Å². The summed E-state index contributed by atoms with van der Waals surface area (Å²) in [6.45, 7) is 1.94. The van der Waals surface area contributed by atoms with Crippen molar-refractivity contribution in [1.82, 2.24) is 0 Å². The molecule has 0 fully saturated rings. The number of hydrogen-bond acceptors (Lipinski definition) is 2. The first kappa shape index (κ1) is 23.9. The van der Waals surface area contributed by atoms with Gasteiger partial charge in [0, 0.05) is 22.0 Å². The Kier molecular flexibility index (Phi) is 9.46. The van der Waals surface area contributed by atoms with E-state index in [2.05, 4.69) is 77.7 Å². The number of aromatic hydroxyl groups is 1. The van der Waals surface area contributed by atoms with Crippen LogP contribution in [0.25, 0.3) is 0 Å². The van der Waals surface area contributed by atoms with E-state index in [0.29, 0.717) is 14.3 Å². The van der Waals surface area contributed by atoms with Crippen LogP contribution in [0.1, 0.15) is 5.56 Å². The molecule has 4 aromatic rings. The second-order valence-electron chi connectivity index (χ2n) is 6.69. The van der Waals surface area contributed by atoms with Gasteiger partial charge < -0.3 is 10.0 Å². The van der Waals surface area contributed by atoms with Gasteiger partial charge in [0.05, 0.1) is 5.69 Å². The van der Waals surface area contributed by atoms with Crippen LogP contribution in [0.2, 0.25) is 0 Å². The first-order valence-electron chi connectivity index (χ1n) is 9.67. The summed E-state index contributed by atoms with van der Waals surface area (Å²) < 4.78 is 0. The van der Waals surface area contributed by atoms with Gasteiger partial charge in [-0.3, -0.25) is 0 Å². The third-order valence-corrected chi connectivity index (χ3v) is 6.05. The van der Waals surface area contributed by atoms with Crippen LogP contribution >= 0.6 is 27.2 Å². The molecule has 2 nitrogen and oxygen atoms in total. The second-order valence-corrected chi connectivity index (χ2v) is 10.6. The van der Waals surface area contributed by atoms with Crippen LogP contribution in [-0.2, 0) is 17.0 Å². The van der Waals surface area contributed by atoms with Crippen LogP contribution in [0, 0.1) is 6.92 Å². The third-order valence-electron chi connectivity index (χ3n) is 4.68. The molecule has 1 atom stereocenters. The number of aryl methyl sites for hydroxylation is 1. The molecule has 0 bridgehead atoms. The van der Waals surface area contributed by atoms with E-state index in [1.807, 2.05) is 37.3 Å². The molecule has 0 saturated carbocycles. The molecule has 0 saturated heterocycles. The molecule has 31 heavy (non-hydrogen) atoms. The normalized spacial score (nSPS) is 10.4. The Labute approximate surface area is 202 Å². The predicted octanol–water partition coefficient (Wildman–Crippen LogP) is 7.18. The molecule has 0 aromatic heterocycles. The number of phenols is 1. The average molecular weight is 502 g/mol. The van der Waals surface area contributed by atoms with Crippen molar-refractivity contribution in [1.29, 1.82) is 0 Å². The zero-order chi connectivity index (χ0) is 22.1. The van der Waals surface area contributed by atoms with Crippen LogP contribution in [0.15, 0.2) is 103 Å². The summed E-state index contributed by atoms with van der Waals surface area (Å²) in [7, 11) is 10.1. The van der Waals surface area contributed by atoms with Crippen LogP contribution in [0.3, 0.4) is 0 Å². The molecule has 0 amide bonds. The van der Waals surface area contributed by atoms with Gasteiger partial charge in [-0.2, -0.15) is 0 Å². The van der Waals surface area contributed by atoms with E-state index >= 15 is 0 Å². The summed E-state index contributed by atoms with van der Waals surface area (Å²) in [5, 5.41) is 12.7. The van der Waals surface area contributed by atoms with Gasteiger partial charge in [-0.15, -0.1) is 0 Å². The summed E-state index contributed by atoms with van der Waals surface area (Å²) in [5.41, 5.74) is 4.25. The third kappa shape index (κ3) is 6.35. The van der Waals surface area contributed by atoms with E-state index in [9.17, 15) is 5.11 Å². The fourth-order valence-electron chi connectivity index (χ4n) is 3.26. The number of benzene rings is 4. The Morgan fingerprint density at radius 1 is 0.677 bits per heavy atom. The molecular weight excluding hydrogens is 480 g/mol. The molecule has 4 aromatic carbocycles. The number of anilines is 3. The van der Waals surface area contributed by atoms with Gasteiger partial charge in [-0.25, -0.2) is 0 Å². The van der Waals surface area contributed by atoms with Crippen molar-refractivity contribution >= 4 is 54.9 Å². The average Bonchev–Trinajstić information content (AvgIpc) is 2.80. The van der Waals surface area contributed by atoms with Gasteiger partial charge >= 0.3 is 35.6 Å². The maximum atomic E-state index is 10.5. The molecule has 0 radical (unpaired) electrons. The van der Waals surface area contributed by atoms with Crippen molar-refractivity contribution in [2.45, 2.75) is 6.92 Å². The van der Waals surface area contributed by atoms with E-state index in [-0.39, 0.29) is 0 Å². The number of para-hydroxylation sites is 4. The van der Waals surface area contributed by atoms with E-state index < -0.39 is 17.0 Å². The summed E-state index contributed by atoms with van der Waals surface area (Å²) in [4.78, 5) is 2.27. The molecule has 0 aliphatic carbocycles. The van der Waals surface area contributed by atoms with Crippen LogP contribution in [0.4, 0.5) is 17.1 Å². The van der Waals surface area contributed by atoms with Gasteiger partial charge in [0.15, 0.2) is 0 Å². The van der Waals surface area contributed by atoms with Gasteiger partial charge in [0.1, 0.15) is 5.75 Å². The second kappa shape index (κ2) is 12.3. The number of rotatable bonds is 5. The Hall–Kier alpha value is -1.80. The monoisotopic (exact) mass is 501 g/mol. The van der Waals surface area contributed by atoms with Gasteiger partial charge in [0.25, 0.3) is 0 Å². The van der Waals surface area contributed by atoms with Gasteiger partial charge in [-0.1, -0.05) is 81.4 Å². The van der Waals surface area contributed by atoms with Crippen molar-refractivity contribution < 1.29 is 22.1 Å². The molecule has 0 spiro atoms. The van der Waals surface area contributed by atoms with Crippen molar-refractivity contribution in [2.75, 3.05) is 4.90 Å². The van der Waals surface area contributed by atoms with Crippen LogP contribution in [0.5, 0.6) is 5.75 Å². The zero-order valence-corrected chi connectivity index (χ0v) is 21.0. The Bertz CT molecular complexity index is 1060. The quantitative estimate of drug-likeness (QED) is 0.231. The Balaban J connectivity index is 0.000000858. The predicted molar refractivity (Wildman–Crippen MR) is 133 cm³/mol. The first-order chi connectivity index (χ1) is 15.2. The zero-order valence-electron chi connectivity index (χ0n) is 17.0. The Morgan fingerprint density at radius 3 is 1.74 bits per heavy atom. The molecule has 4 rings (SSSR count). The molecule has 0 heterocycles. The minimum absolute atomic E-state index is 0.362. The molecular formula is C25H22Cl2NOPTi. The summed E-state index contributed by atoms with van der Waals surface area (Å²) in [6.07, 6.45) is 0. The topological polar surface area (TPSA) is 23.5 Å². The maximum absolute atomic E-state index is 10.5. The van der Waals surface area contributed by atoms with Gasteiger partial charge in [0.2, 0.25) is 0 Å². The van der Waals surface area contributed by atoms with Crippen molar-refractivity contribution in [3.8, 4) is 5.75 Å². The van der Waals surface area contributed by atoms with Crippen LogP contribution in [-0.4, -0.2) is 5.11 Å². The number of phenolic OH excluding ortho intramolecular Hbond substituents is 1. The number of hydrogen-bond donors (Lipinski definition) is 1. The summed E-state index contributed by atoms with van der Waals surface area (Å²) in [5.74, 6) is 0.390. The number of halogens is 2. The summed E-state index contributed by atoms with van der Waals surface area (Å²) in [6, 6.07) is 35.2. The SMILES string of the molecule is Cc1cccc(Pc2ccccc2N(c2ccccc2)c2ccccc2)c1O.[Cl][Ti][Cl]. The fraction of sp³-hybridized carbons (Fsp3) is 0.0400. The van der Waals surface area contributed by atoms with Crippen LogP contribution < -0.4 is 15.5 Å². The Morgan fingerprint density at radius 2 is 1.16 bits per heavy atom. The van der Waals surface area contributed by atoms with Crippen molar-refractivity contribution in [3.63, 3.8) is 0 Å². The van der Waals surface area contributed by atoms with Crippen molar-refractivity contribution in [2.24, 2.45) is 0 Å². The van der Waals surface area contributed by atoms with Crippen molar-refractivity contribution in [3.05, 3.63) is 109 Å². The minimum atomic E-state index is -0.556. The number of nitrogens with zero attached hydrogens (tertiary/aromatic N) is 1.